The Morgan fingerprint density at radius 3 is 2.69 bits per heavy atom. The lowest BCUT2D eigenvalue weighted by atomic mass is 10.4. The number of alkyl halides is 2. The van der Waals surface area contributed by atoms with E-state index in [0.717, 1.165) is 21.9 Å². The van der Waals surface area contributed by atoms with Gasteiger partial charge in [0.2, 0.25) is 10.0 Å². The molecule has 0 unspecified atom stereocenters. The number of hydrogen-bond donors (Lipinski definition) is 0. The van der Waals surface area contributed by atoms with Crippen molar-refractivity contribution in [2.75, 3.05) is 10.6 Å². The Balaban J connectivity index is 1.87. The molecule has 3 aromatic rings. The quantitative estimate of drug-likeness (QED) is 0.602. The van der Waals surface area contributed by atoms with Gasteiger partial charge in [0.05, 0.1) is 35.9 Å². The molecule has 0 aliphatic heterocycles. The number of nitrogens with zero attached hydrogens (tertiary/aromatic N) is 5. The highest BCUT2D eigenvalue weighted by molar-refractivity contribution is 7.92. The summed E-state index contributed by atoms with van der Waals surface area (Å²) in [6.07, 6.45) is 2.24. The van der Waals surface area contributed by atoms with Crippen molar-refractivity contribution in [1.29, 1.82) is 0 Å². The van der Waals surface area contributed by atoms with E-state index in [1.54, 1.807) is 0 Å². The fraction of sp³-hybridized carbons (Fsp3) is 0.231. The zero-order valence-electron chi connectivity index (χ0n) is 13.0. The third-order valence-electron chi connectivity index (χ3n) is 3.05. The first-order chi connectivity index (χ1) is 12.2. The molecule has 3 rings (SSSR count). The van der Waals surface area contributed by atoms with Crippen LogP contribution in [0.15, 0.2) is 29.1 Å². The van der Waals surface area contributed by atoms with Gasteiger partial charge < -0.3 is 4.42 Å². The molecule has 0 bridgehead atoms. The van der Waals surface area contributed by atoms with Crippen LogP contribution in [0, 0.1) is 0 Å². The number of halogens is 3. The number of sulfonamides is 1. The molecule has 0 aromatic carbocycles. The average Bonchev–Trinajstić information content (AvgIpc) is 3.20. The second-order valence-electron chi connectivity index (χ2n) is 5.00. The highest BCUT2D eigenvalue weighted by Gasteiger charge is 2.22. The molecule has 0 fully saturated rings. The third kappa shape index (κ3) is 4.14. The Morgan fingerprint density at radius 1 is 1.31 bits per heavy atom. The first-order valence-corrected chi connectivity index (χ1v) is 9.93. The summed E-state index contributed by atoms with van der Waals surface area (Å²) in [4.78, 5) is 8.31. The lowest BCUT2D eigenvalue weighted by Gasteiger charge is -2.20. The summed E-state index contributed by atoms with van der Waals surface area (Å²) in [5.74, 6) is -0.905. The van der Waals surface area contributed by atoms with E-state index < -0.39 is 22.3 Å². The molecular weight excluding hydrogens is 412 g/mol. The van der Waals surface area contributed by atoms with E-state index in [-0.39, 0.29) is 23.1 Å². The normalized spacial score (nSPS) is 11.9. The van der Waals surface area contributed by atoms with E-state index in [1.807, 2.05) is 0 Å². The van der Waals surface area contributed by atoms with Crippen molar-refractivity contribution < 1.29 is 21.6 Å². The maximum Gasteiger partial charge on any atom is 0.314 e. The molecule has 0 aliphatic carbocycles. The molecule has 0 N–H and O–H groups in total. The van der Waals surface area contributed by atoms with Gasteiger partial charge in [-0.1, -0.05) is 11.6 Å². The predicted octanol–water partition coefficient (Wildman–Crippen LogP) is 3.15. The monoisotopic (exact) mass is 421 g/mol. The molecule has 0 amide bonds. The molecular formula is C13H10ClF2N5O3S2. The van der Waals surface area contributed by atoms with Gasteiger partial charge in [0.25, 0.3) is 11.8 Å². The van der Waals surface area contributed by atoms with Crippen LogP contribution < -0.4 is 4.31 Å². The summed E-state index contributed by atoms with van der Waals surface area (Å²) in [6, 6.07) is 1.46. The smallest absolute Gasteiger partial charge is 0.314 e. The number of thiazole rings is 1. The Hall–Kier alpha value is -2.18. The maximum atomic E-state index is 12.5. The van der Waals surface area contributed by atoms with E-state index in [4.69, 9.17) is 16.0 Å². The molecule has 13 heteroatoms. The Morgan fingerprint density at radius 2 is 2.08 bits per heavy atom. The van der Waals surface area contributed by atoms with Crippen molar-refractivity contribution in [2.45, 2.75) is 13.0 Å². The molecule has 3 heterocycles. The third-order valence-corrected chi connectivity index (χ3v) is 5.37. The van der Waals surface area contributed by atoms with Gasteiger partial charge in [-0.2, -0.15) is 8.78 Å². The highest BCUT2D eigenvalue weighted by Crippen LogP contribution is 2.30. The predicted molar refractivity (Wildman–Crippen MR) is 90.6 cm³/mol. The first-order valence-electron chi connectivity index (χ1n) is 6.89. The minimum Gasteiger partial charge on any atom is -0.414 e. The molecule has 8 nitrogen and oxygen atoms in total. The summed E-state index contributed by atoms with van der Waals surface area (Å²) in [5.41, 5.74) is 0.273. The molecule has 0 atom stereocenters. The van der Waals surface area contributed by atoms with Crippen molar-refractivity contribution in [3.63, 3.8) is 0 Å². The van der Waals surface area contributed by atoms with Crippen LogP contribution in [0.1, 0.15) is 17.3 Å². The highest BCUT2D eigenvalue weighted by atomic mass is 35.5. The molecule has 0 saturated carbocycles. The van der Waals surface area contributed by atoms with Crippen molar-refractivity contribution >= 4 is 38.6 Å². The van der Waals surface area contributed by atoms with Crippen LogP contribution in [0.25, 0.3) is 10.8 Å². The summed E-state index contributed by atoms with van der Waals surface area (Å²) < 4.78 is 55.2. The summed E-state index contributed by atoms with van der Waals surface area (Å²) in [5, 5.41) is 7.44. The Labute approximate surface area is 155 Å². The fourth-order valence-corrected chi connectivity index (χ4v) is 3.88. The van der Waals surface area contributed by atoms with E-state index in [1.165, 1.54) is 24.7 Å². The second-order valence-corrected chi connectivity index (χ2v) is 8.45. The largest absolute Gasteiger partial charge is 0.414 e. The van der Waals surface area contributed by atoms with Gasteiger partial charge in [-0.15, -0.1) is 21.5 Å². The van der Waals surface area contributed by atoms with E-state index in [2.05, 4.69) is 20.2 Å². The first kappa shape index (κ1) is 18.6. The van der Waals surface area contributed by atoms with Gasteiger partial charge in [0.1, 0.15) is 9.88 Å². The zero-order chi connectivity index (χ0) is 18.9. The van der Waals surface area contributed by atoms with Crippen LogP contribution in [0.3, 0.4) is 0 Å². The van der Waals surface area contributed by atoms with Gasteiger partial charge in [-0.3, -0.25) is 9.29 Å². The van der Waals surface area contributed by atoms with Gasteiger partial charge in [0, 0.05) is 6.20 Å². The van der Waals surface area contributed by atoms with Crippen molar-refractivity contribution in [3.05, 3.63) is 40.6 Å². The van der Waals surface area contributed by atoms with E-state index >= 15 is 0 Å². The summed E-state index contributed by atoms with van der Waals surface area (Å²) in [7, 11) is -3.64. The van der Waals surface area contributed by atoms with Crippen LogP contribution in [0.2, 0.25) is 5.02 Å². The minimum absolute atomic E-state index is 0.0959. The maximum absolute atomic E-state index is 12.5. The molecule has 0 radical (unpaired) electrons. The van der Waals surface area contributed by atoms with Gasteiger partial charge in [-0.05, 0) is 6.07 Å². The lowest BCUT2D eigenvalue weighted by Crippen LogP contribution is -2.29. The summed E-state index contributed by atoms with van der Waals surface area (Å²) in [6.45, 7) is -0.0959. The summed E-state index contributed by atoms with van der Waals surface area (Å²) >= 11 is 6.91. The van der Waals surface area contributed by atoms with Gasteiger partial charge in [-0.25, -0.2) is 13.4 Å². The van der Waals surface area contributed by atoms with Crippen molar-refractivity contribution in [1.82, 2.24) is 20.2 Å². The second kappa shape index (κ2) is 7.21. The zero-order valence-corrected chi connectivity index (χ0v) is 15.4. The van der Waals surface area contributed by atoms with Crippen LogP contribution in [-0.4, -0.2) is 34.8 Å². The topological polar surface area (TPSA) is 102 Å². The van der Waals surface area contributed by atoms with Crippen molar-refractivity contribution in [2.24, 2.45) is 0 Å². The van der Waals surface area contributed by atoms with Crippen LogP contribution in [0.5, 0.6) is 0 Å². The molecule has 26 heavy (non-hydrogen) atoms. The van der Waals surface area contributed by atoms with Gasteiger partial charge in [0.15, 0.2) is 0 Å². The van der Waals surface area contributed by atoms with Gasteiger partial charge >= 0.3 is 6.43 Å². The Kier molecular flexibility index (Phi) is 5.16. The molecule has 138 valence electrons. The number of pyridine rings is 1. The SMILES string of the molecule is CS(=O)(=O)N(Cc1ncc(-c2nnc(C(F)F)o2)s1)c1cncc(Cl)c1. The number of hydrogen-bond acceptors (Lipinski definition) is 8. The standard InChI is InChI=1S/C13H10ClF2N5O3S2/c1-26(22,23)21(8-2-7(14)3-17-4-8)6-10-18-5-9(25-10)12-19-20-13(24-12)11(15)16/h2-5,11H,6H2,1H3. The number of rotatable bonds is 6. The van der Waals surface area contributed by atoms with Crippen LogP contribution >= 0.6 is 22.9 Å². The minimum atomic E-state index is -3.64. The average molecular weight is 422 g/mol. The van der Waals surface area contributed by atoms with Crippen LogP contribution in [0.4, 0.5) is 14.5 Å². The Bertz CT molecular complexity index is 1020. The molecule has 3 aromatic heterocycles. The van der Waals surface area contributed by atoms with Crippen LogP contribution in [-0.2, 0) is 16.6 Å². The molecule has 0 spiro atoms. The molecule has 0 aliphatic rings. The van der Waals surface area contributed by atoms with E-state index in [9.17, 15) is 17.2 Å². The van der Waals surface area contributed by atoms with E-state index in [0.29, 0.717) is 9.88 Å². The van der Waals surface area contributed by atoms with Crippen molar-refractivity contribution in [3.8, 4) is 10.8 Å². The number of aromatic nitrogens is 4. The molecule has 0 saturated heterocycles. The fourth-order valence-electron chi connectivity index (χ4n) is 1.96. The lowest BCUT2D eigenvalue weighted by molar-refractivity contribution is 0.116. The number of anilines is 1.